The largest absolute Gasteiger partial charge is 0.340 e. The Hall–Kier alpha value is -2.73. The van der Waals surface area contributed by atoms with E-state index in [1.807, 2.05) is 37.3 Å². The SMILES string of the molecule is Cc1cccc(-c2nc3nc(C)cc(Nc4ccc(Br)c(C)c4)n3n2)c1. The van der Waals surface area contributed by atoms with Gasteiger partial charge in [0.15, 0.2) is 5.82 Å². The first-order chi connectivity index (χ1) is 12.5. The van der Waals surface area contributed by atoms with Gasteiger partial charge in [0.05, 0.1) is 0 Å². The fraction of sp³-hybridized carbons (Fsp3) is 0.150. The Balaban J connectivity index is 1.80. The minimum Gasteiger partial charge on any atom is -0.340 e. The van der Waals surface area contributed by atoms with Gasteiger partial charge in [-0.25, -0.2) is 4.98 Å². The van der Waals surface area contributed by atoms with Gasteiger partial charge in [-0.1, -0.05) is 39.7 Å². The van der Waals surface area contributed by atoms with E-state index < -0.39 is 0 Å². The molecule has 0 saturated heterocycles. The average Bonchev–Trinajstić information content (AvgIpc) is 3.02. The zero-order valence-corrected chi connectivity index (χ0v) is 16.4. The third kappa shape index (κ3) is 3.20. The topological polar surface area (TPSA) is 55.1 Å². The maximum absolute atomic E-state index is 4.67. The fourth-order valence-corrected chi connectivity index (χ4v) is 3.10. The fourth-order valence-electron chi connectivity index (χ4n) is 2.85. The molecule has 4 aromatic rings. The second-order valence-corrected chi connectivity index (χ2v) is 7.24. The molecule has 0 unspecified atom stereocenters. The molecule has 5 nitrogen and oxygen atoms in total. The lowest BCUT2D eigenvalue weighted by atomic mass is 10.1. The van der Waals surface area contributed by atoms with E-state index in [1.54, 1.807) is 4.52 Å². The minimum absolute atomic E-state index is 0.581. The predicted molar refractivity (Wildman–Crippen MR) is 108 cm³/mol. The Bertz CT molecular complexity index is 1120. The van der Waals surface area contributed by atoms with Crippen LogP contribution in [0, 0.1) is 20.8 Å². The lowest BCUT2D eigenvalue weighted by Gasteiger charge is -2.10. The molecule has 0 aliphatic rings. The number of anilines is 2. The van der Waals surface area contributed by atoms with E-state index >= 15 is 0 Å². The Labute approximate surface area is 160 Å². The zero-order chi connectivity index (χ0) is 18.3. The highest BCUT2D eigenvalue weighted by Gasteiger charge is 2.12. The number of fused-ring (bicyclic) bond motifs is 1. The number of rotatable bonds is 3. The summed E-state index contributed by atoms with van der Waals surface area (Å²) in [6, 6.07) is 16.3. The number of aromatic nitrogens is 4. The molecule has 6 heteroatoms. The first-order valence-corrected chi connectivity index (χ1v) is 9.13. The number of hydrogen-bond donors (Lipinski definition) is 1. The van der Waals surface area contributed by atoms with Crippen molar-refractivity contribution in [2.24, 2.45) is 0 Å². The van der Waals surface area contributed by atoms with Gasteiger partial charge in [-0.15, -0.1) is 5.10 Å². The summed E-state index contributed by atoms with van der Waals surface area (Å²) in [7, 11) is 0. The van der Waals surface area contributed by atoms with Crippen molar-refractivity contribution < 1.29 is 0 Å². The van der Waals surface area contributed by atoms with Gasteiger partial charge in [-0.05, 0) is 50.6 Å². The van der Waals surface area contributed by atoms with Gasteiger partial charge in [0.25, 0.3) is 5.78 Å². The van der Waals surface area contributed by atoms with Gasteiger partial charge < -0.3 is 5.32 Å². The van der Waals surface area contributed by atoms with Crippen LogP contribution in [-0.4, -0.2) is 19.6 Å². The smallest absolute Gasteiger partial charge is 0.254 e. The van der Waals surface area contributed by atoms with Crippen LogP contribution in [0.1, 0.15) is 16.8 Å². The molecule has 4 rings (SSSR count). The summed E-state index contributed by atoms with van der Waals surface area (Å²) in [4.78, 5) is 9.13. The van der Waals surface area contributed by atoms with Crippen LogP contribution < -0.4 is 5.32 Å². The van der Waals surface area contributed by atoms with E-state index in [0.29, 0.717) is 11.6 Å². The van der Waals surface area contributed by atoms with E-state index in [-0.39, 0.29) is 0 Å². The van der Waals surface area contributed by atoms with Crippen LogP contribution in [0.25, 0.3) is 17.2 Å². The third-order valence-electron chi connectivity index (χ3n) is 4.15. The van der Waals surface area contributed by atoms with Crippen molar-refractivity contribution in [2.75, 3.05) is 5.32 Å². The molecule has 1 N–H and O–H groups in total. The van der Waals surface area contributed by atoms with Crippen LogP contribution in [0.2, 0.25) is 0 Å². The normalized spacial score (nSPS) is 11.1. The van der Waals surface area contributed by atoms with Crippen LogP contribution in [0.4, 0.5) is 11.5 Å². The van der Waals surface area contributed by atoms with Crippen LogP contribution in [0.5, 0.6) is 0 Å². The first-order valence-electron chi connectivity index (χ1n) is 8.34. The second-order valence-electron chi connectivity index (χ2n) is 6.39. The molecule has 0 atom stereocenters. The van der Waals surface area contributed by atoms with Crippen molar-refractivity contribution in [3.8, 4) is 11.4 Å². The lowest BCUT2D eigenvalue weighted by Crippen LogP contribution is -2.02. The molecule has 130 valence electrons. The van der Waals surface area contributed by atoms with Crippen LogP contribution in [0.15, 0.2) is 53.0 Å². The third-order valence-corrected chi connectivity index (χ3v) is 5.04. The summed E-state index contributed by atoms with van der Waals surface area (Å²) in [5.41, 5.74) is 5.20. The lowest BCUT2D eigenvalue weighted by molar-refractivity contribution is 0.940. The van der Waals surface area contributed by atoms with Crippen LogP contribution >= 0.6 is 15.9 Å². The molecule has 26 heavy (non-hydrogen) atoms. The first kappa shape index (κ1) is 16.7. The summed E-state index contributed by atoms with van der Waals surface area (Å²) in [5.74, 6) is 2.08. The highest BCUT2D eigenvalue weighted by Crippen LogP contribution is 2.25. The highest BCUT2D eigenvalue weighted by molar-refractivity contribution is 9.10. The molecule has 2 aromatic carbocycles. The summed E-state index contributed by atoms with van der Waals surface area (Å²) < 4.78 is 2.84. The van der Waals surface area contributed by atoms with E-state index in [0.717, 1.165) is 32.8 Å². The molecule has 0 saturated carbocycles. The Morgan fingerprint density at radius 3 is 2.58 bits per heavy atom. The zero-order valence-electron chi connectivity index (χ0n) is 14.8. The molecular formula is C20H18BrN5. The Morgan fingerprint density at radius 2 is 1.81 bits per heavy atom. The summed E-state index contributed by atoms with van der Waals surface area (Å²) in [5, 5.41) is 8.10. The number of nitrogens with one attached hydrogen (secondary N) is 1. The van der Waals surface area contributed by atoms with E-state index in [9.17, 15) is 0 Å². The number of benzene rings is 2. The summed E-state index contributed by atoms with van der Waals surface area (Å²) >= 11 is 3.54. The molecule has 0 spiro atoms. The Kier molecular flexibility index (Phi) is 4.20. The van der Waals surface area contributed by atoms with Gasteiger partial charge in [-0.2, -0.15) is 9.50 Å². The maximum atomic E-state index is 4.67. The molecular weight excluding hydrogens is 390 g/mol. The standard InChI is InChI=1S/C20H18BrN5/c1-12-5-4-6-15(9-12)19-24-20-22-14(3)11-18(26(20)25-19)23-16-7-8-17(21)13(2)10-16/h4-11,23H,1-3H3. The molecule has 0 aliphatic carbocycles. The Morgan fingerprint density at radius 1 is 0.962 bits per heavy atom. The van der Waals surface area contributed by atoms with Gasteiger partial charge in [0.2, 0.25) is 0 Å². The van der Waals surface area contributed by atoms with Crippen molar-refractivity contribution in [3.05, 3.63) is 69.8 Å². The van der Waals surface area contributed by atoms with Gasteiger partial charge >= 0.3 is 0 Å². The van der Waals surface area contributed by atoms with E-state index in [2.05, 4.69) is 68.4 Å². The average molecular weight is 408 g/mol. The molecule has 0 amide bonds. The minimum atomic E-state index is 0.581. The number of halogens is 1. The highest BCUT2D eigenvalue weighted by atomic mass is 79.9. The van der Waals surface area contributed by atoms with E-state index in [1.165, 1.54) is 5.56 Å². The van der Waals surface area contributed by atoms with Gasteiger partial charge in [0, 0.05) is 27.5 Å². The number of aryl methyl sites for hydroxylation is 3. The molecule has 0 aliphatic heterocycles. The molecule has 2 aromatic heterocycles. The molecule has 0 radical (unpaired) electrons. The van der Waals surface area contributed by atoms with Crippen LogP contribution in [0.3, 0.4) is 0 Å². The van der Waals surface area contributed by atoms with Crippen molar-refractivity contribution in [2.45, 2.75) is 20.8 Å². The van der Waals surface area contributed by atoms with Gasteiger partial charge in [-0.3, -0.25) is 0 Å². The van der Waals surface area contributed by atoms with Crippen molar-refractivity contribution in [1.29, 1.82) is 0 Å². The van der Waals surface area contributed by atoms with Crippen molar-refractivity contribution in [3.63, 3.8) is 0 Å². The predicted octanol–water partition coefficient (Wildman–Crippen LogP) is 5.22. The number of hydrogen-bond acceptors (Lipinski definition) is 4. The monoisotopic (exact) mass is 407 g/mol. The number of nitrogens with zero attached hydrogens (tertiary/aromatic N) is 4. The summed E-state index contributed by atoms with van der Waals surface area (Å²) in [6.45, 7) is 6.08. The van der Waals surface area contributed by atoms with Gasteiger partial charge in [0.1, 0.15) is 5.82 Å². The van der Waals surface area contributed by atoms with Crippen molar-refractivity contribution in [1.82, 2.24) is 19.6 Å². The second kappa shape index (κ2) is 6.53. The quantitative estimate of drug-likeness (QED) is 0.505. The molecule has 0 bridgehead atoms. The summed E-state index contributed by atoms with van der Waals surface area (Å²) in [6.07, 6.45) is 0. The van der Waals surface area contributed by atoms with E-state index in [4.69, 9.17) is 0 Å². The maximum Gasteiger partial charge on any atom is 0.254 e. The van der Waals surface area contributed by atoms with Crippen LogP contribution in [-0.2, 0) is 0 Å². The molecule has 2 heterocycles. The van der Waals surface area contributed by atoms with Crippen molar-refractivity contribution >= 4 is 33.2 Å². The molecule has 0 fully saturated rings.